The molecule has 1 aromatic heterocycles. The molecule has 0 radical (unpaired) electrons. The minimum atomic E-state index is -0.343. The van der Waals surface area contributed by atoms with Crippen LogP contribution in [-0.4, -0.2) is 29.7 Å². The average Bonchev–Trinajstić information content (AvgIpc) is 2.45. The normalized spacial score (nSPS) is 11.1. The summed E-state index contributed by atoms with van der Waals surface area (Å²) < 4.78 is 1.50. The molecular weight excluding hydrogens is 256 g/mol. The third-order valence-electron chi connectivity index (χ3n) is 3.26. The van der Waals surface area contributed by atoms with Crippen LogP contribution in [0, 0.1) is 0 Å². The van der Waals surface area contributed by atoms with Gasteiger partial charge in [-0.2, -0.15) is 0 Å². The Kier molecular flexibility index (Phi) is 3.90. The lowest BCUT2D eigenvalue weighted by atomic mass is 10.1. The van der Waals surface area contributed by atoms with Gasteiger partial charge in [-0.25, -0.2) is 5.06 Å². The lowest BCUT2D eigenvalue weighted by Crippen LogP contribution is -2.34. The van der Waals surface area contributed by atoms with Gasteiger partial charge in [-0.15, -0.1) is 0 Å². The molecule has 0 spiro atoms. The first-order valence-corrected chi connectivity index (χ1v) is 6.43. The van der Waals surface area contributed by atoms with Gasteiger partial charge in [-0.1, -0.05) is 18.2 Å². The van der Waals surface area contributed by atoms with Crippen LogP contribution < -0.4 is 5.56 Å². The van der Waals surface area contributed by atoms with Gasteiger partial charge in [0.05, 0.1) is 7.11 Å². The van der Waals surface area contributed by atoms with Crippen molar-refractivity contribution in [3.63, 3.8) is 0 Å². The molecule has 1 heterocycles. The summed E-state index contributed by atoms with van der Waals surface area (Å²) in [5.74, 6) is -0.343. The first-order chi connectivity index (χ1) is 9.47. The third-order valence-corrected chi connectivity index (χ3v) is 3.26. The molecule has 0 bridgehead atoms. The number of carbonyl (C=O) groups is 1. The standard InChI is InChI=1S/C15H18N2O3/c1-10(2)17-13(15(19)16(3)20-4)9-11-7-5-6-8-12(11)14(17)18/h5-10H,1-4H3. The number of amides is 1. The molecule has 1 aromatic carbocycles. The first-order valence-electron chi connectivity index (χ1n) is 6.43. The molecule has 5 nitrogen and oxygen atoms in total. The molecule has 0 N–H and O–H groups in total. The summed E-state index contributed by atoms with van der Waals surface area (Å²) in [6.07, 6.45) is 0. The third kappa shape index (κ3) is 2.32. The Labute approximate surface area is 117 Å². The van der Waals surface area contributed by atoms with Crippen molar-refractivity contribution in [2.45, 2.75) is 19.9 Å². The highest BCUT2D eigenvalue weighted by molar-refractivity contribution is 5.96. The van der Waals surface area contributed by atoms with E-state index in [1.54, 1.807) is 12.1 Å². The molecule has 0 saturated carbocycles. The van der Waals surface area contributed by atoms with Crippen molar-refractivity contribution in [2.75, 3.05) is 14.2 Å². The number of benzene rings is 1. The van der Waals surface area contributed by atoms with Gasteiger partial charge in [-0.05, 0) is 31.4 Å². The number of rotatable bonds is 3. The zero-order valence-electron chi connectivity index (χ0n) is 12.1. The number of nitrogens with zero attached hydrogens (tertiary/aromatic N) is 2. The maximum absolute atomic E-state index is 12.6. The van der Waals surface area contributed by atoms with Crippen LogP contribution in [0.4, 0.5) is 0 Å². The summed E-state index contributed by atoms with van der Waals surface area (Å²) in [6.45, 7) is 3.75. The molecule has 2 rings (SSSR count). The number of fused-ring (bicyclic) bond motifs is 1. The van der Waals surface area contributed by atoms with E-state index >= 15 is 0 Å². The fourth-order valence-electron chi connectivity index (χ4n) is 2.20. The van der Waals surface area contributed by atoms with Gasteiger partial charge in [0, 0.05) is 18.5 Å². The summed E-state index contributed by atoms with van der Waals surface area (Å²) in [5.41, 5.74) is 0.166. The highest BCUT2D eigenvalue weighted by atomic mass is 16.7. The number of hydroxylamine groups is 2. The summed E-state index contributed by atoms with van der Waals surface area (Å²) in [6, 6.07) is 8.87. The van der Waals surface area contributed by atoms with Gasteiger partial charge in [0.25, 0.3) is 11.5 Å². The predicted molar refractivity (Wildman–Crippen MR) is 77.7 cm³/mol. The van der Waals surface area contributed by atoms with Crippen molar-refractivity contribution in [1.82, 2.24) is 9.63 Å². The number of pyridine rings is 1. The van der Waals surface area contributed by atoms with E-state index in [1.165, 1.54) is 18.7 Å². The van der Waals surface area contributed by atoms with E-state index in [0.29, 0.717) is 11.1 Å². The molecular formula is C15H18N2O3. The van der Waals surface area contributed by atoms with Crippen LogP contribution >= 0.6 is 0 Å². The van der Waals surface area contributed by atoms with Gasteiger partial charge in [0.1, 0.15) is 5.69 Å². The van der Waals surface area contributed by atoms with Crippen LogP contribution in [0.2, 0.25) is 0 Å². The fraction of sp³-hybridized carbons (Fsp3) is 0.333. The zero-order valence-corrected chi connectivity index (χ0v) is 12.1. The molecule has 106 valence electrons. The minimum Gasteiger partial charge on any atom is -0.301 e. The SMILES string of the molecule is CON(C)C(=O)c1cc2ccccc2c(=O)n1C(C)C. The Bertz CT molecular complexity index is 704. The van der Waals surface area contributed by atoms with Gasteiger partial charge < -0.3 is 4.57 Å². The second kappa shape index (κ2) is 5.46. The average molecular weight is 274 g/mol. The van der Waals surface area contributed by atoms with Crippen molar-refractivity contribution >= 4 is 16.7 Å². The van der Waals surface area contributed by atoms with E-state index in [4.69, 9.17) is 4.84 Å². The zero-order chi connectivity index (χ0) is 14.9. The van der Waals surface area contributed by atoms with Gasteiger partial charge in [0.2, 0.25) is 0 Å². The smallest absolute Gasteiger partial charge is 0.293 e. The quantitative estimate of drug-likeness (QED) is 0.806. The lowest BCUT2D eigenvalue weighted by Gasteiger charge is -2.20. The van der Waals surface area contributed by atoms with Crippen molar-refractivity contribution in [3.8, 4) is 0 Å². The molecule has 0 fully saturated rings. The molecule has 0 saturated heterocycles. The second-order valence-electron chi connectivity index (χ2n) is 4.87. The maximum Gasteiger partial charge on any atom is 0.293 e. The predicted octanol–water partition coefficient (Wildman–Crippen LogP) is 2.22. The summed E-state index contributed by atoms with van der Waals surface area (Å²) in [5, 5.41) is 2.47. The molecule has 1 amide bonds. The highest BCUT2D eigenvalue weighted by Gasteiger charge is 2.20. The summed E-state index contributed by atoms with van der Waals surface area (Å²) >= 11 is 0. The van der Waals surface area contributed by atoms with Crippen molar-refractivity contribution in [1.29, 1.82) is 0 Å². The number of hydrogen-bond donors (Lipinski definition) is 0. The molecule has 5 heteroatoms. The molecule has 2 aromatic rings. The van der Waals surface area contributed by atoms with E-state index in [2.05, 4.69) is 0 Å². The van der Waals surface area contributed by atoms with Gasteiger partial charge in [0.15, 0.2) is 0 Å². The van der Waals surface area contributed by atoms with Crippen molar-refractivity contribution < 1.29 is 9.63 Å². The van der Waals surface area contributed by atoms with Crippen LogP contribution in [0.25, 0.3) is 10.8 Å². The van der Waals surface area contributed by atoms with E-state index in [1.807, 2.05) is 32.0 Å². The molecule has 0 unspecified atom stereocenters. The number of carbonyl (C=O) groups excluding carboxylic acids is 1. The summed E-state index contributed by atoms with van der Waals surface area (Å²) in [4.78, 5) is 29.8. The van der Waals surface area contributed by atoms with Crippen LogP contribution in [0.3, 0.4) is 0 Å². The topological polar surface area (TPSA) is 51.5 Å². The Morgan fingerprint density at radius 1 is 1.30 bits per heavy atom. The summed E-state index contributed by atoms with van der Waals surface area (Å²) in [7, 11) is 2.93. The maximum atomic E-state index is 12.6. The van der Waals surface area contributed by atoms with E-state index < -0.39 is 0 Å². The fourth-order valence-corrected chi connectivity index (χ4v) is 2.20. The van der Waals surface area contributed by atoms with Crippen LogP contribution in [-0.2, 0) is 4.84 Å². The van der Waals surface area contributed by atoms with Crippen LogP contribution in [0.15, 0.2) is 35.1 Å². The lowest BCUT2D eigenvalue weighted by molar-refractivity contribution is -0.0764. The molecule has 0 atom stereocenters. The Morgan fingerprint density at radius 3 is 2.55 bits per heavy atom. The van der Waals surface area contributed by atoms with E-state index in [9.17, 15) is 9.59 Å². The minimum absolute atomic E-state index is 0.115. The largest absolute Gasteiger partial charge is 0.301 e. The Balaban J connectivity index is 2.79. The Morgan fingerprint density at radius 2 is 1.95 bits per heavy atom. The van der Waals surface area contributed by atoms with E-state index in [0.717, 1.165) is 10.4 Å². The molecule has 20 heavy (non-hydrogen) atoms. The van der Waals surface area contributed by atoms with Gasteiger partial charge in [-0.3, -0.25) is 14.4 Å². The first kappa shape index (κ1) is 14.3. The molecule has 0 aliphatic rings. The van der Waals surface area contributed by atoms with E-state index in [-0.39, 0.29) is 17.5 Å². The number of hydrogen-bond acceptors (Lipinski definition) is 3. The monoisotopic (exact) mass is 274 g/mol. The molecule has 0 aliphatic carbocycles. The van der Waals surface area contributed by atoms with Crippen molar-refractivity contribution in [3.05, 3.63) is 46.4 Å². The Hall–Kier alpha value is -2.14. The highest BCUT2D eigenvalue weighted by Crippen LogP contribution is 2.16. The number of aromatic nitrogens is 1. The van der Waals surface area contributed by atoms with Crippen LogP contribution in [0.5, 0.6) is 0 Å². The van der Waals surface area contributed by atoms with Crippen LogP contribution in [0.1, 0.15) is 30.4 Å². The molecule has 0 aliphatic heterocycles. The van der Waals surface area contributed by atoms with Crippen molar-refractivity contribution in [2.24, 2.45) is 0 Å². The van der Waals surface area contributed by atoms with Gasteiger partial charge >= 0.3 is 0 Å². The second-order valence-corrected chi connectivity index (χ2v) is 4.87.